The van der Waals surface area contributed by atoms with Gasteiger partial charge in [0.1, 0.15) is 12.4 Å². The van der Waals surface area contributed by atoms with Gasteiger partial charge in [0, 0.05) is 0 Å². The van der Waals surface area contributed by atoms with Crippen LogP contribution in [0.25, 0.3) is 0 Å². The lowest BCUT2D eigenvalue weighted by Crippen LogP contribution is -2.12. The van der Waals surface area contributed by atoms with Crippen LogP contribution in [0.2, 0.25) is 0 Å². The number of benzene rings is 1. The molecular formula is C11H14O4. The molecular weight excluding hydrogens is 196 g/mol. The van der Waals surface area contributed by atoms with Gasteiger partial charge in [-0.25, -0.2) is 4.79 Å². The summed E-state index contributed by atoms with van der Waals surface area (Å²) in [6, 6.07) is 6.62. The van der Waals surface area contributed by atoms with E-state index >= 15 is 0 Å². The summed E-state index contributed by atoms with van der Waals surface area (Å²) in [6.45, 7) is 2.40. The van der Waals surface area contributed by atoms with E-state index < -0.39 is 0 Å². The molecule has 0 aromatic heterocycles. The average molecular weight is 210 g/mol. The van der Waals surface area contributed by atoms with Crippen LogP contribution in [0.5, 0.6) is 5.75 Å². The summed E-state index contributed by atoms with van der Waals surface area (Å²) in [5.41, 5.74) is 0.900. The fourth-order valence-corrected chi connectivity index (χ4v) is 1.05. The summed E-state index contributed by atoms with van der Waals surface area (Å²) in [4.78, 5) is 10.9. The molecule has 1 aromatic rings. The van der Waals surface area contributed by atoms with Gasteiger partial charge in [0.05, 0.1) is 13.2 Å². The van der Waals surface area contributed by atoms with Crippen molar-refractivity contribution >= 4 is 5.97 Å². The number of hydrogen-bond acceptors (Lipinski definition) is 4. The van der Waals surface area contributed by atoms with Gasteiger partial charge < -0.3 is 14.6 Å². The maximum atomic E-state index is 10.9. The highest BCUT2D eigenvalue weighted by atomic mass is 16.6. The minimum atomic E-state index is -0.365. The molecule has 0 bridgehead atoms. The lowest BCUT2D eigenvalue weighted by molar-refractivity contribution is -0.148. The van der Waals surface area contributed by atoms with Gasteiger partial charge in [-0.1, -0.05) is 12.1 Å². The smallest absolute Gasteiger partial charge is 0.332 e. The van der Waals surface area contributed by atoms with Crippen LogP contribution in [-0.2, 0) is 20.9 Å². The van der Waals surface area contributed by atoms with Crippen molar-refractivity contribution in [1.29, 1.82) is 0 Å². The molecule has 0 heterocycles. The summed E-state index contributed by atoms with van der Waals surface area (Å²) < 4.78 is 9.81. The second kappa shape index (κ2) is 6.03. The monoisotopic (exact) mass is 210 g/mol. The number of hydrogen-bond donors (Lipinski definition) is 1. The molecule has 0 atom stereocenters. The van der Waals surface area contributed by atoms with Crippen LogP contribution in [0.3, 0.4) is 0 Å². The second-order valence-electron chi connectivity index (χ2n) is 2.96. The maximum Gasteiger partial charge on any atom is 0.332 e. The van der Waals surface area contributed by atoms with Crippen molar-refractivity contribution in [2.75, 3.05) is 13.2 Å². The third kappa shape index (κ3) is 4.46. The number of aromatic hydroxyl groups is 1. The van der Waals surface area contributed by atoms with E-state index in [1.807, 2.05) is 0 Å². The molecule has 4 nitrogen and oxygen atoms in total. The molecule has 0 spiro atoms. The highest BCUT2D eigenvalue weighted by Crippen LogP contribution is 2.10. The molecule has 1 aromatic carbocycles. The molecule has 0 unspecified atom stereocenters. The Labute approximate surface area is 88.4 Å². The number of carbonyl (C=O) groups is 1. The van der Waals surface area contributed by atoms with E-state index in [0.29, 0.717) is 13.2 Å². The second-order valence-corrected chi connectivity index (χ2v) is 2.96. The van der Waals surface area contributed by atoms with Gasteiger partial charge >= 0.3 is 5.97 Å². The molecule has 0 fully saturated rings. The number of phenolic OH excluding ortho intramolecular Hbond substituents is 1. The van der Waals surface area contributed by atoms with Crippen LogP contribution >= 0.6 is 0 Å². The van der Waals surface area contributed by atoms with E-state index in [2.05, 4.69) is 0 Å². The van der Waals surface area contributed by atoms with Gasteiger partial charge in [0.15, 0.2) is 0 Å². The predicted octanol–water partition coefficient (Wildman–Crippen LogP) is 1.47. The number of carbonyl (C=O) groups excluding carboxylic acids is 1. The first-order chi connectivity index (χ1) is 7.22. The van der Waals surface area contributed by atoms with Crippen molar-refractivity contribution < 1.29 is 19.4 Å². The first kappa shape index (κ1) is 11.5. The fourth-order valence-electron chi connectivity index (χ4n) is 1.05. The first-order valence-corrected chi connectivity index (χ1v) is 4.73. The molecule has 0 saturated heterocycles. The van der Waals surface area contributed by atoms with Crippen molar-refractivity contribution in [2.24, 2.45) is 0 Å². The van der Waals surface area contributed by atoms with E-state index in [1.165, 1.54) is 0 Å². The summed E-state index contributed by atoms with van der Waals surface area (Å²) in [6.07, 6.45) is 0. The van der Waals surface area contributed by atoms with Crippen LogP contribution in [0.1, 0.15) is 12.5 Å². The normalized spacial score (nSPS) is 9.93. The maximum absolute atomic E-state index is 10.9. The van der Waals surface area contributed by atoms with Crippen LogP contribution in [0.15, 0.2) is 24.3 Å². The largest absolute Gasteiger partial charge is 0.508 e. The Bertz CT molecular complexity index is 305. The van der Waals surface area contributed by atoms with Gasteiger partial charge in [-0.05, 0) is 24.6 Å². The third-order valence-electron chi connectivity index (χ3n) is 1.73. The fraction of sp³-hybridized carbons (Fsp3) is 0.364. The molecule has 82 valence electrons. The Hall–Kier alpha value is -1.55. The zero-order valence-electron chi connectivity index (χ0n) is 8.60. The van der Waals surface area contributed by atoms with Gasteiger partial charge in [0.2, 0.25) is 0 Å². The number of esters is 1. The van der Waals surface area contributed by atoms with Gasteiger partial charge in [-0.3, -0.25) is 0 Å². The summed E-state index contributed by atoms with van der Waals surface area (Å²) in [7, 11) is 0. The number of rotatable bonds is 5. The predicted molar refractivity (Wildman–Crippen MR) is 54.4 cm³/mol. The van der Waals surface area contributed by atoms with Crippen LogP contribution < -0.4 is 0 Å². The molecule has 0 aliphatic heterocycles. The minimum absolute atomic E-state index is 0.0469. The highest BCUT2D eigenvalue weighted by Gasteiger charge is 2.01. The summed E-state index contributed by atoms with van der Waals surface area (Å²) >= 11 is 0. The zero-order valence-corrected chi connectivity index (χ0v) is 8.60. The Morgan fingerprint density at radius 2 is 2.00 bits per heavy atom. The molecule has 0 aliphatic carbocycles. The molecule has 15 heavy (non-hydrogen) atoms. The van der Waals surface area contributed by atoms with Gasteiger partial charge in [-0.15, -0.1) is 0 Å². The Balaban J connectivity index is 2.26. The minimum Gasteiger partial charge on any atom is -0.508 e. The quantitative estimate of drug-likeness (QED) is 0.748. The van der Waals surface area contributed by atoms with E-state index in [-0.39, 0.29) is 18.3 Å². The highest BCUT2D eigenvalue weighted by molar-refractivity contribution is 5.70. The van der Waals surface area contributed by atoms with Crippen molar-refractivity contribution in [3.8, 4) is 5.75 Å². The molecule has 0 radical (unpaired) electrons. The van der Waals surface area contributed by atoms with Crippen LogP contribution in [0, 0.1) is 0 Å². The molecule has 0 amide bonds. The molecule has 0 aliphatic rings. The molecule has 1 N–H and O–H groups in total. The van der Waals surface area contributed by atoms with Crippen molar-refractivity contribution in [2.45, 2.75) is 13.5 Å². The lowest BCUT2D eigenvalue weighted by Gasteiger charge is -2.04. The van der Waals surface area contributed by atoms with E-state index in [1.54, 1.807) is 31.2 Å². The van der Waals surface area contributed by atoms with E-state index in [0.717, 1.165) is 5.56 Å². The summed E-state index contributed by atoms with van der Waals surface area (Å²) in [5, 5.41) is 9.03. The van der Waals surface area contributed by atoms with Crippen LogP contribution in [-0.4, -0.2) is 24.3 Å². The van der Waals surface area contributed by atoms with E-state index in [4.69, 9.17) is 14.6 Å². The Kier molecular flexibility index (Phi) is 4.63. The third-order valence-corrected chi connectivity index (χ3v) is 1.73. The molecule has 0 saturated carbocycles. The van der Waals surface area contributed by atoms with Gasteiger partial charge in [-0.2, -0.15) is 0 Å². The summed E-state index contributed by atoms with van der Waals surface area (Å²) in [5.74, 6) is -0.152. The van der Waals surface area contributed by atoms with Crippen molar-refractivity contribution in [3.63, 3.8) is 0 Å². The van der Waals surface area contributed by atoms with E-state index in [9.17, 15) is 4.79 Å². The van der Waals surface area contributed by atoms with Crippen LogP contribution in [0.4, 0.5) is 0 Å². The van der Waals surface area contributed by atoms with Crippen molar-refractivity contribution in [1.82, 2.24) is 0 Å². The number of ether oxygens (including phenoxy) is 2. The first-order valence-electron chi connectivity index (χ1n) is 4.73. The lowest BCUT2D eigenvalue weighted by atomic mass is 10.2. The topological polar surface area (TPSA) is 55.8 Å². The zero-order chi connectivity index (χ0) is 11.1. The molecule has 4 heteroatoms. The molecule has 1 rings (SSSR count). The SMILES string of the molecule is CCOC(=O)COCc1ccc(O)cc1. The Morgan fingerprint density at radius 1 is 1.33 bits per heavy atom. The Morgan fingerprint density at radius 3 is 2.60 bits per heavy atom. The standard InChI is InChI=1S/C11H14O4/c1-2-15-11(13)8-14-7-9-3-5-10(12)6-4-9/h3-6,12H,2,7-8H2,1H3. The van der Waals surface area contributed by atoms with Crippen molar-refractivity contribution in [3.05, 3.63) is 29.8 Å². The average Bonchev–Trinajstić information content (AvgIpc) is 2.21. The van der Waals surface area contributed by atoms with Gasteiger partial charge in [0.25, 0.3) is 0 Å². The number of phenols is 1.